The minimum absolute atomic E-state index is 0.389. The molecule has 21 heavy (non-hydrogen) atoms. The van der Waals surface area contributed by atoms with Crippen molar-refractivity contribution in [3.05, 3.63) is 48.2 Å². The quantitative estimate of drug-likeness (QED) is 0.408. The van der Waals surface area contributed by atoms with E-state index in [1.807, 2.05) is 49.9 Å². The van der Waals surface area contributed by atoms with Crippen LogP contribution < -0.4 is 15.7 Å². The van der Waals surface area contributed by atoms with Crippen molar-refractivity contribution in [3.63, 3.8) is 0 Å². The molecule has 0 saturated carbocycles. The molecular weight excluding hydrogens is 262 g/mol. The number of nitrogens with zero attached hydrogens (tertiary/aromatic N) is 2. The first-order chi connectivity index (χ1) is 9.97. The summed E-state index contributed by atoms with van der Waals surface area (Å²) in [4.78, 5) is 0. The number of anilines is 1. The molecule has 4 N–H and O–H groups in total. The van der Waals surface area contributed by atoms with Gasteiger partial charge >= 0.3 is 0 Å². The van der Waals surface area contributed by atoms with Crippen molar-refractivity contribution in [3.8, 4) is 0 Å². The van der Waals surface area contributed by atoms with E-state index < -0.39 is 0 Å². The molecule has 0 aliphatic carbocycles. The Morgan fingerprint density at radius 1 is 1.52 bits per heavy atom. The number of hydrazone groups is 1. The van der Waals surface area contributed by atoms with Gasteiger partial charge in [0.2, 0.25) is 0 Å². The molecule has 0 bridgehead atoms. The Morgan fingerprint density at radius 3 is 2.81 bits per heavy atom. The Balaban J connectivity index is 2.94. The third kappa shape index (κ3) is 5.31. The van der Waals surface area contributed by atoms with Gasteiger partial charge in [-0.25, -0.2) is 4.57 Å². The highest BCUT2D eigenvalue weighted by molar-refractivity contribution is 6.10. The predicted octanol–water partition coefficient (Wildman–Crippen LogP) is 2.09. The van der Waals surface area contributed by atoms with Gasteiger partial charge in [0, 0.05) is 12.5 Å². The van der Waals surface area contributed by atoms with Crippen LogP contribution in [0.3, 0.4) is 0 Å². The van der Waals surface area contributed by atoms with E-state index in [9.17, 15) is 0 Å². The van der Waals surface area contributed by atoms with E-state index in [1.54, 1.807) is 0 Å². The maximum absolute atomic E-state index is 7.73. The summed E-state index contributed by atoms with van der Waals surface area (Å²) in [6, 6.07) is 4.00. The average Bonchev–Trinajstić information content (AvgIpc) is 2.45. The smallest absolute Gasteiger partial charge is 0.299 e. The fourth-order valence-corrected chi connectivity index (χ4v) is 1.79. The van der Waals surface area contributed by atoms with Crippen molar-refractivity contribution in [2.75, 3.05) is 12.0 Å². The highest BCUT2D eigenvalue weighted by Crippen LogP contribution is 2.04. The molecule has 0 amide bonds. The first kappa shape index (κ1) is 16.8. The number of aryl methyl sites for hydroxylation is 2. The zero-order chi connectivity index (χ0) is 15.8. The summed E-state index contributed by atoms with van der Waals surface area (Å²) in [7, 11) is 1.96. The van der Waals surface area contributed by atoms with E-state index in [0.717, 1.165) is 17.1 Å². The van der Waals surface area contributed by atoms with E-state index >= 15 is 0 Å². The molecule has 0 fully saturated rings. The molecule has 1 aromatic rings. The van der Waals surface area contributed by atoms with Gasteiger partial charge < -0.3 is 11.1 Å². The molecule has 1 heterocycles. The molecule has 112 valence electrons. The molecule has 5 nitrogen and oxygen atoms in total. The lowest BCUT2D eigenvalue weighted by Crippen LogP contribution is -2.31. The molecule has 5 heteroatoms. The lowest BCUT2D eigenvalue weighted by atomic mass is 10.1. The van der Waals surface area contributed by atoms with Crippen LogP contribution in [-0.4, -0.2) is 18.0 Å². The van der Waals surface area contributed by atoms with Crippen LogP contribution in [0.15, 0.2) is 47.7 Å². The van der Waals surface area contributed by atoms with Crippen LogP contribution in [-0.2, 0) is 7.05 Å². The molecule has 1 rings (SSSR count). The predicted molar refractivity (Wildman–Crippen MR) is 88.8 cm³/mol. The van der Waals surface area contributed by atoms with Gasteiger partial charge in [0.25, 0.3) is 5.82 Å². The van der Waals surface area contributed by atoms with Crippen LogP contribution in [0.1, 0.15) is 18.9 Å². The Bertz CT molecular complexity index is 584. The second-order valence-corrected chi connectivity index (χ2v) is 4.90. The zero-order valence-corrected chi connectivity index (χ0v) is 13.0. The van der Waals surface area contributed by atoms with Crippen molar-refractivity contribution < 1.29 is 4.57 Å². The van der Waals surface area contributed by atoms with Crippen molar-refractivity contribution >= 4 is 17.2 Å². The standard InChI is InChI=1S/C16H23N5/c1-5-15(18)13(3)10-14(8-9-17)19-20-16-7-6-12(2)11-21(16)4/h5-7,10-11,18H,1,8-9,17H2,2-4H3/p+1. The first-order valence-electron chi connectivity index (χ1n) is 6.86. The molecule has 0 aliphatic rings. The van der Waals surface area contributed by atoms with Gasteiger partial charge in [-0.3, -0.25) is 0 Å². The summed E-state index contributed by atoms with van der Waals surface area (Å²) in [5.41, 5.74) is 11.9. The van der Waals surface area contributed by atoms with E-state index in [-0.39, 0.29) is 0 Å². The van der Waals surface area contributed by atoms with E-state index in [2.05, 4.69) is 17.1 Å². The lowest BCUT2D eigenvalue weighted by molar-refractivity contribution is -0.657. The SMILES string of the molecule is C=CC(=N)C(C)=CC(CCN)=NNc1ccc(C)c[n+]1C. The summed E-state index contributed by atoms with van der Waals surface area (Å²) >= 11 is 0. The minimum atomic E-state index is 0.389. The monoisotopic (exact) mass is 286 g/mol. The molecule has 0 aliphatic heterocycles. The highest BCUT2D eigenvalue weighted by atomic mass is 15.3. The summed E-state index contributed by atoms with van der Waals surface area (Å²) < 4.78 is 1.97. The fraction of sp³-hybridized carbons (Fsp3) is 0.312. The van der Waals surface area contributed by atoms with Gasteiger partial charge in [-0.15, -0.1) is 5.43 Å². The van der Waals surface area contributed by atoms with E-state index in [0.29, 0.717) is 18.7 Å². The summed E-state index contributed by atoms with van der Waals surface area (Å²) in [5, 5.41) is 12.1. The van der Waals surface area contributed by atoms with E-state index in [4.69, 9.17) is 11.1 Å². The number of nitrogens with one attached hydrogen (secondary N) is 2. The maximum atomic E-state index is 7.73. The molecule has 0 saturated heterocycles. The maximum Gasteiger partial charge on any atom is 0.299 e. The Kier molecular flexibility index (Phi) is 6.49. The van der Waals surface area contributed by atoms with Gasteiger partial charge in [0.05, 0.1) is 24.7 Å². The third-order valence-corrected chi connectivity index (χ3v) is 3.01. The average molecular weight is 286 g/mol. The highest BCUT2D eigenvalue weighted by Gasteiger charge is 2.06. The Morgan fingerprint density at radius 2 is 2.24 bits per heavy atom. The van der Waals surface area contributed by atoms with Crippen LogP contribution >= 0.6 is 0 Å². The molecular formula is C16H24N5+. The molecule has 0 atom stereocenters. The molecule has 1 aromatic heterocycles. The molecule has 0 aromatic carbocycles. The van der Waals surface area contributed by atoms with Crippen LogP contribution in [0.4, 0.5) is 5.82 Å². The van der Waals surface area contributed by atoms with Crippen molar-refractivity contribution in [1.82, 2.24) is 0 Å². The van der Waals surface area contributed by atoms with Gasteiger partial charge in [-0.2, -0.15) is 0 Å². The molecule has 0 radical (unpaired) electrons. The lowest BCUT2D eigenvalue weighted by Gasteiger charge is -2.03. The summed E-state index contributed by atoms with van der Waals surface area (Å²) in [6.07, 6.45) is 6.04. The van der Waals surface area contributed by atoms with Gasteiger partial charge in [-0.1, -0.05) is 11.7 Å². The zero-order valence-electron chi connectivity index (χ0n) is 13.0. The summed E-state index contributed by atoms with van der Waals surface area (Å²) in [6.45, 7) is 8.01. The van der Waals surface area contributed by atoms with Crippen LogP contribution in [0, 0.1) is 12.3 Å². The number of pyridine rings is 1. The number of hydrogen-bond donors (Lipinski definition) is 3. The Labute approximate surface area is 126 Å². The second kappa shape index (κ2) is 8.11. The fourth-order valence-electron chi connectivity index (χ4n) is 1.79. The van der Waals surface area contributed by atoms with Gasteiger partial charge in [-0.05, 0) is 49.7 Å². The van der Waals surface area contributed by atoms with Gasteiger partial charge in [0.15, 0.2) is 0 Å². The number of nitrogens with two attached hydrogens (primary N) is 1. The molecule has 0 unspecified atom stereocenters. The molecule has 0 spiro atoms. The van der Waals surface area contributed by atoms with Crippen molar-refractivity contribution in [2.24, 2.45) is 17.9 Å². The topological polar surface area (TPSA) is 78.1 Å². The van der Waals surface area contributed by atoms with Crippen LogP contribution in [0.2, 0.25) is 0 Å². The number of aromatic nitrogens is 1. The second-order valence-electron chi connectivity index (χ2n) is 4.90. The normalized spacial score (nSPS) is 12.2. The van der Waals surface area contributed by atoms with Gasteiger partial charge in [0.1, 0.15) is 0 Å². The van der Waals surface area contributed by atoms with Crippen LogP contribution in [0.25, 0.3) is 0 Å². The minimum Gasteiger partial charge on any atom is -0.330 e. The van der Waals surface area contributed by atoms with Crippen molar-refractivity contribution in [2.45, 2.75) is 20.3 Å². The summed E-state index contributed by atoms with van der Waals surface area (Å²) in [5.74, 6) is 0.889. The Hall–Kier alpha value is -2.27. The number of hydrogen-bond acceptors (Lipinski definition) is 4. The number of rotatable bonds is 7. The first-order valence-corrected chi connectivity index (χ1v) is 6.86. The largest absolute Gasteiger partial charge is 0.330 e. The number of allylic oxidation sites excluding steroid dienone is 3. The third-order valence-electron chi connectivity index (χ3n) is 3.01. The van der Waals surface area contributed by atoms with E-state index in [1.165, 1.54) is 11.6 Å². The van der Waals surface area contributed by atoms with Crippen LogP contribution in [0.5, 0.6) is 0 Å². The van der Waals surface area contributed by atoms with Crippen molar-refractivity contribution in [1.29, 1.82) is 5.41 Å².